The van der Waals surface area contributed by atoms with Crippen LogP contribution in [0.25, 0.3) is 0 Å². The Morgan fingerprint density at radius 2 is 2.23 bits per heavy atom. The molecule has 1 amide bonds. The summed E-state index contributed by atoms with van der Waals surface area (Å²) in [6.45, 7) is 0. The second-order valence-electron chi connectivity index (χ2n) is 3.95. The summed E-state index contributed by atoms with van der Waals surface area (Å²) in [4.78, 5) is 22.1. The van der Waals surface area contributed by atoms with Crippen molar-refractivity contribution in [3.8, 4) is 11.5 Å². The Hall–Kier alpha value is -2.55. The van der Waals surface area contributed by atoms with Crippen LogP contribution in [0.1, 0.15) is 5.56 Å². The molecule has 1 N–H and O–H groups in total. The lowest BCUT2D eigenvalue weighted by Gasteiger charge is -2.07. The fourth-order valence-electron chi connectivity index (χ4n) is 1.54. The first kappa shape index (κ1) is 15.8. The molecule has 1 aromatic rings. The zero-order chi connectivity index (χ0) is 15.9. The number of carbonyl (C=O) groups excluding carboxylic acids is 2. The predicted molar refractivity (Wildman–Crippen MR) is 81.7 cm³/mol. The standard InChI is InChI=1S/C13H13N3O5S/c1-19-10-4-3-9(21-13(18)20-2)5-8(10)6-14-16-12-15-11(17)7-22-12/h3-6H,7H2,1-2H3,(H,15,16,17). The van der Waals surface area contributed by atoms with E-state index in [4.69, 9.17) is 9.47 Å². The minimum absolute atomic E-state index is 0.106. The van der Waals surface area contributed by atoms with Crippen LogP contribution in [0.4, 0.5) is 4.79 Å². The van der Waals surface area contributed by atoms with Crippen molar-refractivity contribution in [1.29, 1.82) is 0 Å². The molecule has 0 aromatic heterocycles. The van der Waals surface area contributed by atoms with Crippen LogP contribution in [-0.4, -0.2) is 43.4 Å². The van der Waals surface area contributed by atoms with E-state index in [-0.39, 0.29) is 11.7 Å². The number of benzene rings is 1. The molecule has 0 atom stereocenters. The van der Waals surface area contributed by atoms with Gasteiger partial charge in [0.1, 0.15) is 11.5 Å². The number of amidine groups is 1. The first-order valence-corrected chi connectivity index (χ1v) is 7.08. The fourth-order valence-corrected chi connectivity index (χ4v) is 2.17. The molecule has 1 aromatic carbocycles. The van der Waals surface area contributed by atoms with Crippen LogP contribution >= 0.6 is 11.8 Å². The van der Waals surface area contributed by atoms with Gasteiger partial charge in [-0.05, 0) is 18.2 Å². The lowest BCUT2D eigenvalue weighted by Crippen LogP contribution is -2.19. The van der Waals surface area contributed by atoms with Gasteiger partial charge in [0.2, 0.25) is 5.91 Å². The molecule has 116 valence electrons. The maximum absolute atomic E-state index is 11.1. The zero-order valence-electron chi connectivity index (χ0n) is 11.9. The minimum atomic E-state index is -0.821. The predicted octanol–water partition coefficient (Wildman–Crippen LogP) is 1.39. The maximum atomic E-state index is 11.1. The van der Waals surface area contributed by atoms with E-state index in [1.54, 1.807) is 18.2 Å². The molecule has 0 spiro atoms. The van der Waals surface area contributed by atoms with Crippen molar-refractivity contribution in [2.45, 2.75) is 0 Å². The normalized spacial score (nSPS) is 15.9. The van der Waals surface area contributed by atoms with E-state index >= 15 is 0 Å². The summed E-state index contributed by atoms with van der Waals surface area (Å²) in [6, 6.07) is 4.74. The molecular weight excluding hydrogens is 310 g/mol. The smallest absolute Gasteiger partial charge is 0.496 e. The summed E-state index contributed by atoms with van der Waals surface area (Å²) in [5, 5.41) is 10.8. The number of hydrogen-bond acceptors (Lipinski definition) is 8. The molecule has 2 rings (SSSR count). The van der Waals surface area contributed by atoms with Gasteiger partial charge < -0.3 is 19.5 Å². The molecule has 0 aliphatic carbocycles. The summed E-state index contributed by atoms with van der Waals surface area (Å²) in [7, 11) is 2.73. The maximum Gasteiger partial charge on any atom is 0.513 e. The van der Waals surface area contributed by atoms with E-state index in [9.17, 15) is 9.59 Å². The summed E-state index contributed by atoms with van der Waals surface area (Å²) in [5.74, 6) is 1.04. The Labute approximate surface area is 130 Å². The third-order valence-corrected chi connectivity index (χ3v) is 3.36. The van der Waals surface area contributed by atoms with Gasteiger partial charge in [-0.15, -0.1) is 5.10 Å². The zero-order valence-corrected chi connectivity index (χ0v) is 12.7. The van der Waals surface area contributed by atoms with Crippen molar-refractivity contribution < 1.29 is 23.8 Å². The van der Waals surface area contributed by atoms with Crippen molar-refractivity contribution in [1.82, 2.24) is 5.32 Å². The van der Waals surface area contributed by atoms with Crippen LogP contribution in [-0.2, 0) is 9.53 Å². The molecule has 1 heterocycles. The van der Waals surface area contributed by atoms with Gasteiger partial charge in [0, 0.05) is 5.56 Å². The van der Waals surface area contributed by atoms with Crippen molar-refractivity contribution >= 4 is 35.2 Å². The fraction of sp³-hybridized carbons (Fsp3) is 0.231. The first-order chi connectivity index (χ1) is 10.6. The largest absolute Gasteiger partial charge is 0.513 e. The Balaban J connectivity index is 2.15. The van der Waals surface area contributed by atoms with E-state index in [1.165, 1.54) is 32.2 Å². The van der Waals surface area contributed by atoms with Gasteiger partial charge in [-0.3, -0.25) is 4.79 Å². The molecule has 22 heavy (non-hydrogen) atoms. The molecule has 0 radical (unpaired) electrons. The summed E-state index contributed by atoms with van der Waals surface area (Å²) in [5.41, 5.74) is 0.558. The van der Waals surface area contributed by atoms with Crippen LogP contribution in [0.3, 0.4) is 0 Å². The average molecular weight is 323 g/mol. The highest BCUT2D eigenvalue weighted by atomic mass is 32.2. The quantitative estimate of drug-likeness (QED) is 0.389. The topological polar surface area (TPSA) is 98.6 Å². The molecule has 1 saturated heterocycles. The Kier molecular flexibility index (Phi) is 5.37. The van der Waals surface area contributed by atoms with Gasteiger partial charge in [0.05, 0.1) is 26.2 Å². The monoisotopic (exact) mass is 323 g/mol. The molecule has 1 aliphatic rings. The number of rotatable bonds is 4. The van der Waals surface area contributed by atoms with Gasteiger partial charge in [-0.1, -0.05) is 11.8 Å². The van der Waals surface area contributed by atoms with Crippen molar-refractivity contribution in [3.63, 3.8) is 0 Å². The van der Waals surface area contributed by atoms with E-state index in [2.05, 4.69) is 20.3 Å². The second kappa shape index (κ2) is 7.46. The van der Waals surface area contributed by atoms with Gasteiger partial charge in [0.15, 0.2) is 5.17 Å². The molecule has 0 saturated carbocycles. The number of ether oxygens (including phenoxy) is 3. The first-order valence-electron chi connectivity index (χ1n) is 6.10. The lowest BCUT2D eigenvalue weighted by molar-refractivity contribution is -0.116. The molecule has 9 heteroatoms. The number of nitrogens with one attached hydrogen (secondary N) is 1. The SMILES string of the molecule is COC(=O)Oc1ccc(OC)c(C=NN=C2NC(=O)CS2)c1. The molecule has 0 unspecified atom stereocenters. The molecule has 8 nitrogen and oxygen atoms in total. The van der Waals surface area contributed by atoms with E-state index in [0.717, 1.165) is 0 Å². The van der Waals surface area contributed by atoms with Crippen LogP contribution < -0.4 is 14.8 Å². The third-order valence-electron chi connectivity index (χ3n) is 2.50. The van der Waals surface area contributed by atoms with Gasteiger partial charge in [-0.2, -0.15) is 5.10 Å². The van der Waals surface area contributed by atoms with Gasteiger partial charge in [-0.25, -0.2) is 4.79 Å². The second-order valence-corrected chi connectivity index (χ2v) is 4.91. The summed E-state index contributed by atoms with van der Waals surface area (Å²) >= 11 is 1.27. The minimum Gasteiger partial charge on any atom is -0.496 e. The summed E-state index contributed by atoms with van der Waals surface area (Å²) < 4.78 is 14.5. The van der Waals surface area contributed by atoms with Gasteiger partial charge >= 0.3 is 6.16 Å². The summed E-state index contributed by atoms with van der Waals surface area (Å²) in [6.07, 6.45) is 0.611. The van der Waals surface area contributed by atoms with Crippen LogP contribution in [0, 0.1) is 0 Å². The van der Waals surface area contributed by atoms with Crippen molar-refractivity contribution in [2.75, 3.05) is 20.0 Å². The molecule has 0 bridgehead atoms. The Morgan fingerprint density at radius 1 is 1.41 bits per heavy atom. The highest BCUT2D eigenvalue weighted by Gasteiger charge is 2.16. The van der Waals surface area contributed by atoms with Crippen molar-refractivity contribution in [3.05, 3.63) is 23.8 Å². The van der Waals surface area contributed by atoms with Gasteiger partial charge in [0.25, 0.3) is 0 Å². The number of hydrogen-bond donors (Lipinski definition) is 1. The average Bonchev–Trinajstić information content (AvgIpc) is 2.93. The Bertz CT molecular complexity index is 645. The molecule has 1 aliphatic heterocycles. The van der Waals surface area contributed by atoms with Crippen LogP contribution in [0.15, 0.2) is 28.4 Å². The number of amides is 1. The highest BCUT2D eigenvalue weighted by Crippen LogP contribution is 2.23. The number of methoxy groups -OCH3 is 2. The lowest BCUT2D eigenvalue weighted by atomic mass is 10.2. The van der Waals surface area contributed by atoms with E-state index in [1.807, 2.05) is 0 Å². The van der Waals surface area contributed by atoms with E-state index < -0.39 is 6.16 Å². The molecule has 1 fully saturated rings. The van der Waals surface area contributed by atoms with E-state index in [0.29, 0.717) is 22.2 Å². The Morgan fingerprint density at radius 3 is 2.86 bits per heavy atom. The third kappa shape index (κ3) is 4.22. The number of thioether (sulfide) groups is 1. The van der Waals surface area contributed by atoms with Crippen molar-refractivity contribution in [2.24, 2.45) is 10.2 Å². The number of nitrogens with zero attached hydrogens (tertiary/aromatic N) is 2. The highest BCUT2D eigenvalue weighted by molar-refractivity contribution is 8.15. The molecular formula is C13H13N3O5S. The van der Waals surface area contributed by atoms with Crippen LogP contribution in [0.5, 0.6) is 11.5 Å². The number of carbonyl (C=O) groups is 2. The van der Waals surface area contributed by atoms with Crippen LogP contribution in [0.2, 0.25) is 0 Å².